The maximum absolute atomic E-state index is 12.6. The summed E-state index contributed by atoms with van der Waals surface area (Å²) in [6.07, 6.45) is 3.02. The van der Waals surface area contributed by atoms with Gasteiger partial charge in [0.05, 0.1) is 0 Å². The Morgan fingerprint density at radius 2 is 1.84 bits per heavy atom. The number of benzene rings is 1. The first-order valence-corrected chi connectivity index (χ1v) is 8.97. The summed E-state index contributed by atoms with van der Waals surface area (Å²) in [5.41, 5.74) is 2.06. The van der Waals surface area contributed by atoms with Crippen molar-refractivity contribution >= 4 is 23.4 Å². The first kappa shape index (κ1) is 17.5. The van der Waals surface area contributed by atoms with Gasteiger partial charge in [0.1, 0.15) is 5.78 Å². The molecule has 0 saturated carbocycles. The van der Waals surface area contributed by atoms with E-state index in [1.165, 1.54) is 6.92 Å². The quantitative estimate of drug-likeness (QED) is 0.913. The van der Waals surface area contributed by atoms with Gasteiger partial charge in [-0.05, 0) is 37.8 Å². The van der Waals surface area contributed by atoms with E-state index >= 15 is 0 Å². The van der Waals surface area contributed by atoms with Crippen LogP contribution in [0.2, 0.25) is 0 Å². The molecule has 0 unspecified atom stereocenters. The Labute approximate surface area is 148 Å². The van der Waals surface area contributed by atoms with Crippen molar-refractivity contribution in [3.63, 3.8) is 0 Å². The summed E-state index contributed by atoms with van der Waals surface area (Å²) in [6.45, 7) is 3.51. The lowest BCUT2D eigenvalue weighted by Crippen LogP contribution is -2.50. The predicted octanol–water partition coefficient (Wildman–Crippen LogP) is 2.44. The normalized spacial score (nSPS) is 18.4. The van der Waals surface area contributed by atoms with Crippen molar-refractivity contribution in [2.75, 3.05) is 25.0 Å². The van der Waals surface area contributed by atoms with Crippen molar-refractivity contribution in [2.24, 2.45) is 0 Å². The van der Waals surface area contributed by atoms with Crippen LogP contribution in [0.25, 0.3) is 0 Å². The fraction of sp³-hybridized carbons (Fsp3) is 0.526. The standard InChI is InChI=1S/C19H25N3O3/c1-14(23)6-7-18(24)21-11-9-16(10-12-21)22-13-8-15-4-2-3-5-17(15)20-19(22)25/h2-5,16H,6-13H2,1H3,(H,20,25). The van der Waals surface area contributed by atoms with Crippen LogP contribution < -0.4 is 5.32 Å². The van der Waals surface area contributed by atoms with E-state index in [0.717, 1.165) is 30.5 Å². The van der Waals surface area contributed by atoms with Crippen LogP contribution in [-0.4, -0.2) is 53.2 Å². The minimum atomic E-state index is -0.0497. The number of fused-ring (bicyclic) bond motifs is 1. The lowest BCUT2D eigenvalue weighted by Gasteiger charge is -2.38. The Morgan fingerprint density at radius 1 is 1.12 bits per heavy atom. The zero-order valence-electron chi connectivity index (χ0n) is 14.7. The van der Waals surface area contributed by atoms with Gasteiger partial charge in [-0.3, -0.25) is 4.79 Å². The molecule has 0 atom stereocenters. The highest BCUT2D eigenvalue weighted by Crippen LogP contribution is 2.24. The monoisotopic (exact) mass is 343 g/mol. The molecule has 6 nitrogen and oxygen atoms in total. The van der Waals surface area contributed by atoms with E-state index in [4.69, 9.17) is 0 Å². The molecule has 1 aromatic rings. The number of hydrogen-bond acceptors (Lipinski definition) is 3. The summed E-state index contributed by atoms with van der Waals surface area (Å²) in [4.78, 5) is 39.5. The number of likely N-dealkylation sites (tertiary alicyclic amines) is 1. The van der Waals surface area contributed by atoms with Crippen molar-refractivity contribution in [2.45, 2.75) is 45.1 Å². The molecule has 6 heteroatoms. The summed E-state index contributed by atoms with van der Waals surface area (Å²) in [6, 6.07) is 8.02. The first-order valence-electron chi connectivity index (χ1n) is 8.97. The number of urea groups is 1. The van der Waals surface area contributed by atoms with Gasteiger partial charge in [-0.2, -0.15) is 0 Å². The molecule has 0 radical (unpaired) electrons. The fourth-order valence-electron chi connectivity index (χ4n) is 3.61. The van der Waals surface area contributed by atoms with Crippen LogP contribution in [0.15, 0.2) is 24.3 Å². The Kier molecular flexibility index (Phi) is 5.36. The number of Topliss-reactive ketones (excluding diaryl/α,β-unsaturated/α-hetero) is 1. The van der Waals surface area contributed by atoms with E-state index in [2.05, 4.69) is 11.4 Å². The van der Waals surface area contributed by atoms with Gasteiger partial charge >= 0.3 is 6.03 Å². The van der Waals surface area contributed by atoms with E-state index in [-0.39, 0.29) is 23.8 Å². The third-order valence-corrected chi connectivity index (χ3v) is 5.09. The number of carbonyl (C=O) groups is 3. The average molecular weight is 343 g/mol. The second-order valence-corrected chi connectivity index (χ2v) is 6.84. The fourth-order valence-corrected chi connectivity index (χ4v) is 3.61. The number of carbonyl (C=O) groups excluding carboxylic acids is 3. The number of anilines is 1. The summed E-state index contributed by atoms with van der Waals surface area (Å²) < 4.78 is 0. The van der Waals surface area contributed by atoms with Gasteiger partial charge in [0.25, 0.3) is 0 Å². The molecular formula is C19H25N3O3. The predicted molar refractivity (Wildman–Crippen MR) is 95.4 cm³/mol. The van der Waals surface area contributed by atoms with Crippen molar-refractivity contribution < 1.29 is 14.4 Å². The zero-order chi connectivity index (χ0) is 17.8. The highest BCUT2D eigenvalue weighted by Gasteiger charge is 2.31. The molecule has 25 heavy (non-hydrogen) atoms. The molecule has 0 aliphatic carbocycles. The minimum Gasteiger partial charge on any atom is -0.343 e. The van der Waals surface area contributed by atoms with Crippen LogP contribution in [0.5, 0.6) is 0 Å². The van der Waals surface area contributed by atoms with E-state index in [9.17, 15) is 14.4 Å². The van der Waals surface area contributed by atoms with Gasteiger partial charge in [0.2, 0.25) is 5.91 Å². The van der Waals surface area contributed by atoms with Crippen LogP contribution in [0.3, 0.4) is 0 Å². The minimum absolute atomic E-state index is 0.0429. The summed E-state index contributed by atoms with van der Waals surface area (Å²) >= 11 is 0. The molecule has 1 N–H and O–H groups in total. The molecule has 1 aromatic carbocycles. The maximum Gasteiger partial charge on any atom is 0.322 e. The Bertz CT molecular complexity index is 666. The molecule has 0 spiro atoms. The lowest BCUT2D eigenvalue weighted by atomic mass is 10.0. The Morgan fingerprint density at radius 3 is 2.56 bits per heavy atom. The van der Waals surface area contributed by atoms with Crippen LogP contribution in [0.1, 0.15) is 38.2 Å². The Hall–Kier alpha value is -2.37. The third-order valence-electron chi connectivity index (χ3n) is 5.09. The number of rotatable bonds is 4. The largest absolute Gasteiger partial charge is 0.343 e. The van der Waals surface area contributed by atoms with Crippen molar-refractivity contribution in [1.82, 2.24) is 9.80 Å². The van der Waals surface area contributed by atoms with Crippen LogP contribution >= 0.6 is 0 Å². The molecular weight excluding hydrogens is 318 g/mol. The lowest BCUT2D eigenvalue weighted by molar-refractivity contribution is -0.134. The van der Waals surface area contributed by atoms with Gasteiger partial charge in [-0.25, -0.2) is 4.79 Å². The highest BCUT2D eigenvalue weighted by molar-refractivity contribution is 5.91. The number of piperidine rings is 1. The molecule has 0 aromatic heterocycles. The number of hydrogen-bond donors (Lipinski definition) is 1. The molecule has 2 aliphatic rings. The van der Waals surface area contributed by atoms with E-state index in [0.29, 0.717) is 32.5 Å². The van der Waals surface area contributed by atoms with E-state index < -0.39 is 0 Å². The van der Waals surface area contributed by atoms with Crippen LogP contribution in [-0.2, 0) is 16.0 Å². The SMILES string of the molecule is CC(=O)CCC(=O)N1CCC(N2CCc3ccccc3NC2=O)CC1. The second-order valence-electron chi connectivity index (χ2n) is 6.84. The number of nitrogens with zero attached hydrogens (tertiary/aromatic N) is 2. The number of nitrogens with one attached hydrogen (secondary N) is 1. The molecule has 134 valence electrons. The molecule has 0 bridgehead atoms. The smallest absolute Gasteiger partial charge is 0.322 e. The van der Waals surface area contributed by atoms with E-state index in [1.54, 1.807) is 0 Å². The molecule has 2 aliphatic heterocycles. The van der Waals surface area contributed by atoms with Crippen LogP contribution in [0, 0.1) is 0 Å². The topological polar surface area (TPSA) is 69.7 Å². The summed E-state index contributed by atoms with van der Waals surface area (Å²) in [7, 11) is 0. The van der Waals surface area contributed by atoms with E-state index in [1.807, 2.05) is 28.0 Å². The van der Waals surface area contributed by atoms with Gasteiger partial charge in [-0.1, -0.05) is 18.2 Å². The van der Waals surface area contributed by atoms with Crippen molar-refractivity contribution in [3.05, 3.63) is 29.8 Å². The maximum atomic E-state index is 12.6. The molecule has 3 rings (SSSR count). The average Bonchev–Trinajstić information content (AvgIpc) is 2.78. The molecule has 2 heterocycles. The van der Waals surface area contributed by atoms with Crippen LogP contribution in [0.4, 0.5) is 10.5 Å². The van der Waals surface area contributed by atoms with Gasteiger partial charge in [-0.15, -0.1) is 0 Å². The highest BCUT2D eigenvalue weighted by atomic mass is 16.2. The van der Waals surface area contributed by atoms with Gasteiger partial charge in [0, 0.05) is 44.2 Å². The van der Waals surface area contributed by atoms with Gasteiger partial charge < -0.3 is 19.9 Å². The first-order chi connectivity index (χ1) is 12.0. The number of ketones is 1. The molecule has 3 amide bonds. The number of amides is 3. The van der Waals surface area contributed by atoms with Gasteiger partial charge in [0.15, 0.2) is 0 Å². The molecule has 1 saturated heterocycles. The van der Waals surface area contributed by atoms with Crippen molar-refractivity contribution in [3.8, 4) is 0 Å². The zero-order valence-corrected chi connectivity index (χ0v) is 14.7. The second kappa shape index (κ2) is 7.68. The Balaban J connectivity index is 1.55. The summed E-state index contributed by atoms with van der Waals surface area (Å²) in [5.74, 6) is 0.0883. The molecule has 1 fully saturated rings. The summed E-state index contributed by atoms with van der Waals surface area (Å²) in [5, 5.41) is 3.01. The number of para-hydroxylation sites is 1. The third kappa shape index (κ3) is 4.18. The van der Waals surface area contributed by atoms with Crippen molar-refractivity contribution in [1.29, 1.82) is 0 Å².